The number of aromatic nitrogens is 3. The third kappa shape index (κ3) is 1.76. The Morgan fingerprint density at radius 2 is 2.38 bits per heavy atom. The Bertz CT molecular complexity index is 547. The number of hydrogen-bond donors (Lipinski definition) is 0. The predicted octanol–water partition coefficient (Wildman–Crippen LogP) is 2.63. The Balaban J connectivity index is 2.61. The molecule has 2 aromatic rings. The summed E-state index contributed by atoms with van der Waals surface area (Å²) in [5.41, 5.74) is 1.61. The van der Waals surface area contributed by atoms with Crippen molar-refractivity contribution < 1.29 is 4.74 Å². The second kappa shape index (κ2) is 4.14. The average molecular weight is 238 g/mol. The van der Waals surface area contributed by atoms with E-state index in [4.69, 9.17) is 16.3 Å². The second-order valence-corrected chi connectivity index (χ2v) is 3.74. The van der Waals surface area contributed by atoms with Crippen molar-refractivity contribution in [1.29, 1.82) is 0 Å². The number of pyridine rings is 1. The van der Waals surface area contributed by atoms with Gasteiger partial charge in [0, 0.05) is 12.4 Å². The molecule has 0 aromatic carbocycles. The quantitative estimate of drug-likeness (QED) is 0.609. The molecule has 4 nitrogen and oxygen atoms in total. The number of nitrogens with zero attached hydrogens (tertiary/aromatic N) is 3. The molecule has 0 spiro atoms. The fourth-order valence-corrected chi connectivity index (χ4v) is 1.73. The van der Waals surface area contributed by atoms with Gasteiger partial charge in [0.15, 0.2) is 0 Å². The lowest BCUT2D eigenvalue weighted by Gasteiger charge is -2.03. The smallest absolute Gasteiger partial charge is 0.140 e. The summed E-state index contributed by atoms with van der Waals surface area (Å²) in [6.07, 6.45) is 1.69. The van der Waals surface area contributed by atoms with Gasteiger partial charge in [-0.3, -0.25) is 4.68 Å². The summed E-state index contributed by atoms with van der Waals surface area (Å²) in [7, 11) is 1.85. The highest BCUT2D eigenvalue weighted by Gasteiger charge is 2.12. The number of halogens is 1. The summed E-state index contributed by atoms with van der Waals surface area (Å²) in [6.45, 7) is 6.32. The van der Waals surface area contributed by atoms with Crippen molar-refractivity contribution in [3.8, 4) is 0 Å². The number of aryl methyl sites for hydroxylation is 1. The van der Waals surface area contributed by atoms with E-state index < -0.39 is 0 Å². The molecule has 0 fully saturated rings. The molecule has 0 aliphatic carbocycles. The fourth-order valence-electron chi connectivity index (χ4n) is 1.58. The van der Waals surface area contributed by atoms with Gasteiger partial charge >= 0.3 is 0 Å². The van der Waals surface area contributed by atoms with E-state index in [-0.39, 0.29) is 0 Å². The molecule has 0 saturated carbocycles. The van der Waals surface area contributed by atoms with Crippen molar-refractivity contribution in [2.24, 2.45) is 7.05 Å². The Morgan fingerprint density at radius 1 is 1.62 bits per heavy atom. The SMILES string of the molecule is C=C(OCC)c1nn(C)c2cnc(Cl)cc12. The van der Waals surface area contributed by atoms with Crippen LogP contribution in [0.25, 0.3) is 16.7 Å². The lowest BCUT2D eigenvalue weighted by molar-refractivity contribution is 0.298. The number of hydrogen-bond acceptors (Lipinski definition) is 3. The first-order chi connectivity index (χ1) is 7.63. The number of ether oxygens (including phenoxy) is 1. The van der Waals surface area contributed by atoms with Crippen LogP contribution in [0, 0.1) is 0 Å². The first kappa shape index (κ1) is 11.0. The molecule has 0 bridgehead atoms. The molecule has 0 unspecified atom stereocenters. The predicted molar refractivity (Wildman–Crippen MR) is 64.2 cm³/mol. The van der Waals surface area contributed by atoms with Crippen LogP contribution in [-0.4, -0.2) is 21.4 Å². The lowest BCUT2D eigenvalue weighted by atomic mass is 10.2. The van der Waals surface area contributed by atoms with Gasteiger partial charge in [0.1, 0.15) is 16.6 Å². The van der Waals surface area contributed by atoms with Gasteiger partial charge in [-0.15, -0.1) is 0 Å². The van der Waals surface area contributed by atoms with Crippen LogP contribution in [0.15, 0.2) is 18.8 Å². The van der Waals surface area contributed by atoms with Crippen molar-refractivity contribution in [2.45, 2.75) is 6.92 Å². The van der Waals surface area contributed by atoms with E-state index >= 15 is 0 Å². The third-order valence-electron chi connectivity index (χ3n) is 2.29. The van der Waals surface area contributed by atoms with Crippen molar-refractivity contribution in [2.75, 3.05) is 6.61 Å². The molecule has 0 radical (unpaired) electrons. The normalized spacial score (nSPS) is 10.7. The number of rotatable bonds is 3. The van der Waals surface area contributed by atoms with E-state index in [1.165, 1.54) is 0 Å². The molecule has 2 heterocycles. The van der Waals surface area contributed by atoms with E-state index in [1.54, 1.807) is 16.9 Å². The topological polar surface area (TPSA) is 39.9 Å². The summed E-state index contributed by atoms with van der Waals surface area (Å²) in [5.74, 6) is 0.551. The van der Waals surface area contributed by atoms with Crippen LogP contribution in [0.2, 0.25) is 5.15 Å². The molecule has 0 N–H and O–H groups in total. The summed E-state index contributed by atoms with van der Waals surface area (Å²) >= 11 is 5.86. The molecular weight excluding hydrogens is 226 g/mol. The zero-order valence-corrected chi connectivity index (χ0v) is 9.95. The first-order valence-corrected chi connectivity index (χ1v) is 5.31. The van der Waals surface area contributed by atoms with Crippen LogP contribution < -0.4 is 0 Å². The molecule has 0 atom stereocenters. The fraction of sp³-hybridized carbons (Fsp3) is 0.273. The van der Waals surface area contributed by atoms with Crippen molar-refractivity contribution >= 4 is 28.3 Å². The molecule has 2 rings (SSSR count). The standard InChI is InChI=1S/C11H12ClN3O/c1-4-16-7(2)11-8-5-10(12)13-6-9(8)15(3)14-11/h5-6H,2,4H2,1,3H3. The van der Waals surface area contributed by atoms with Gasteiger partial charge in [0.25, 0.3) is 0 Å². The second-order valence-electron chi connectivity index (χ2n) is 3.35. The summed E-state index contributed by atoms with van der Waals surface area (Å²) in [6, 6.07) is 1.77. The van der Waals surface area contributed by atoms with E-state index in [1.807, 2.05) is 14.0 Å². The molecule has 2 aromatic heterocycles. The van der Waals surface area contributed by atoms with Crippen LogP contribution in [0.1, 0.15) is 12.6 Å². The lowest BCUT2D eigenvalue weighted by Crippen LogP contribution is -1.94. The van der Waals surface area contributed by atoms with Gasteiger partial charge in [-0.05, 0) is 13.0 Å². The minimum absolute atomic E-state index is 0.436. The zero-order valence-electron chi connectivity index (χ0n) is 9.20. The molecule has 5 heteroatoms. The summed E-state index contributed by atoms with van der Waals surface area (Å²) in [5, 5.41) is 5.68. The maximum atomic E-state index is 5.86. The zero-order chi connectivity index (χ0) is 11.7. The highest BCUT2D eigenvalue weighted by Crippen LogP contribution is 2.25. The monoisotopic (exact) mass is 237 g/mol. The molecule has 0 aliphatic rings. The molecule has 84 valence electrons. The Morgan fingerprint density at radius 3 is 3.06 bits per heavy atom. The van der Waals surface area contributed by atoms with Crippen molar-refractivity contribution in [3.05, 3.63) is 29.7 Å². The van der Waals surface area contributed by atoms with Crippen LogP contribution in [0.5, 0.6) is 0 Å². The Kier molecular flexibility index (Phi) is 2.83. The van der Waals surface area contributed by atoms with Crippen molar-refractivity contribution in [3.63, 3.8) is 0 Å². The minimum Gasteiger partial charge on any atom is -0.492 e. The summed E-state index contributed by atoms with van der Waals surface area (Å²) < 4.78 is 7.09. The molecular formula is C11H12ClN3O. The summed E-state index contributed by atoms with van der Waals surface area (Å²) in [4.78, 5) is 4.02. The van der Waals surface area contributed by atoms with Crippen LogP contribution >= 0.6 is 11.6 Å². The maximum Gasteiger partial charge on any atom is 0.140 e. The highest BCUT2D eigenvalue weighted by molar-refractivity contribution is 6.30. The third-order valence-corrected chi connectivity index (χ3v) is 2.49. The van der Waals surface area contributed by atoms with Gasteiger partial charge in [0.2, 0.25) is 0 Å². The van der Waals surface area contributed by atoms with Gasteiger partial charge in [-0.2, -0.15) is 5.10 Å². The van der Waals surface area contributed by atoms with Gasteiger partial charge in [-0.25, -0.2) is 4.98 Å². The molecule has 16 heavy (non-hydrogen) atoms. The first-order valence-electron chi connectivity index (χ1n) is 4.93. The van der Waals surface area contributed by atoms with Gasteiger partial charge < -0.3 is 4.74 Å². The Labute approximate surface area is 98.5 Å². The molecule has 0 amide bonds. The van der Waals surface area contributed by atoms with E-state index in [2.05, 4.69) is 16.7 Å². The van der Waals surface area contributed by atoms with Crippen LogP contribution in [0.4, 0.5) is 0 Å². The van der Waals surface area contributed by atoms with Crippen LogP contribution in [-0.2, 0) is 11.8 Å². The van der Waals surface area contributed by atoms with Gasteiger partial charge in [-0.1, -0.05) is 18.2 Å². The van der Waals surface area contributed by atoms with E-state index in [0.29, 0.717) is 23.2 Å². The van der Waals surface area contributed by atoms with Gasteiger partial charge in [0.05, 0.1) is 18.3 Å². The molecule has 0 aliphatic heterocycles. The molecule has 0 saturated heterocycles. The van der Waals surface area contributed by atoms with E-state index in [0.717, 1.165) is 10.9 Å². The largest absolute Gasteiger partial charge is 0.492 e. The number of fused-ring (bicyclic) bond motifs is 1. The maximum absolute atomic E-state index is 5.86. The minimum atomic E-state index is 0.436. The van der Waals surface area contributed by atoms with E-state index in [9.17, 15) is 0 Å². The van der Waals surface area contributed by atoms with Crippen molar-refractivity contribution in [1.82, 2.24) is 14.8 Å². The Hall–Kier alpha value is -1.55. The highest BCUT2D eigenvalue weighted by atomic mass is 35.5. The average Bonchev–Trinajstić information content (AvgIpc) is 2.56. The van der Waals surface area contributed by atoms with Crippen LogP contribution in [0.3, 0.4) is 0 Å².